The van der Waals surface area contributed by atoms with Crippen molar-refractivity contribution in [2.45, 2.75) is 34.3 Å². The fraction of sp³-hybridized carbons (Fsp3) is 0.571. The summed E-state index contributed by atoms with van der Waals surface area (Å²) < 4.78 is 51.0. The molecule has 0 unspecified atom stereocenters. The molecule has 0 heterocycles. The van der Waals surface area contributed by atoms with Crippen LogP contribution in [0.5, 0.6) is 0 Å². The van der Waals surface area contributed by atoms with Gasteiger partial charge in [-0.15, -0.1) is 0 Å². The molecule has 9 heteroatoms. The summed E-state index contributed by atoms with van der Waals surface area (Å²) in [5.41, 5.74) is -1.72. The number of hydrogen-bond donors (Lipinski definition) is 4. The first kappa shape index (κ1) is 30.5. The first-order chi connectivity index (χ1) is 10.2. The van der Waals surface area contributed by atoms with E-state index in [2.05, 4.69) is 0 Å². The van der Waals surface area contributed by atoms with Gasteiger partial charge in [-0.3, -0.25) is 0 Å². The molecule has 4 N–H and O–H groups in total. The van der Waals surface area contributed by atoms with Crippen LogP contribution in [0, 0.1) is 30.2 Å². The molecule has 1 aromatic rings. The number of rotatable bonds is 1. The molecule has 0 amide bonds. The van der Waals surface area contributed by atoms with Crippen molar-refractivity contribution in [1.29, 1.82) is 0 Å². The van der Waals surface area contributed by atoms with Gasteiger partial charge in [0.1, 0.15) is 0 Å². The van der Waals surface area contributed by atoms with Crippen LogP contribution in [-0.4, -0.2) is 40.2 Å². The molecule has 0 spiro atoms. The van der Waals surface area contributed by atoms with E-state index in [1.165, 1.54) is 0 Å². The van der Waals surface area contributed by atoms with Gasteiger partial charge in [0, 0.05) is 51.6 Å². The summed E-state index contributed by atoms with van der Waals surface area (Å²) >= 11 is 0. The van der Waals surface area contributed by atoms with Crippen LogP contribution >= 0.6 is 0 Å². The molecule has 0 saturated carbocycles. The van der Waals surface area contributed by atoms with E-state index in [1.54, 1.807) is 20.8 Å². The molecule has 1 aromatic carbocycles. The van der Waals surface area contributed by atoms with Crippen molar-refractivity contribution < 1.29 is 64.2 Å². The van der Waals surface area contributed by atoms with Crippen molar-refractivity contribution in [3.05, 3.63) is 34.4 Å². The van der Waals surface area contributed by atoms with E-state index in [1.807, 2.05) is 0 Å². The Balaban J connectivity index is -0.000000152. The average Bonchev–Trinajstić information content (AvgIpc) is 2.46. The smallest absolute Gasteiger partial charge is 0.167 e. The van der Waals surface area contributed by atoms with Crippen molar-refractivity contribution in [1.82, 2.24) is 0 Å². The summed E-state index contributed by atoms with van der Waals surface area (Å²) in [5, 5.41) is 31.1. The third-order valence-corrected chi connectivity index (χ3v) is 1.73. The molecule has 4 nitrogen and oxygen atoms in total. The number of aliphatic hydroxyl groups is 4. The summed E-state index contributed by atoms with van der Waals surface area (Å²) in [6, 6.07) is 0. The van der Waals surface area contributed by atoms with Gasteiger partial charge < -0.3 is 20.4 Å². The minimum Gasteiger partial charge on any atom is -0.397 e. The molecule has 0 saturated heterocycles. The Morgan fingerprint density at radius 3 is 1.04 bits per heavy atom. The summed E-state index contributed by atoms with van der Waals surface area (Å²) in [5.74, 6) is -6.02. The number of hydrogen-bond acceptors (Lipinski definition) is 4. The predicted molar refractivity (Wildman–Crippen MR) is 75.2 cm³/mol. The number of benzene rings is 1. The molecular formula is C14H24F4O4Zr. The summed E-state index contributed by atoms with van der Waals surface area (Å²) in [7, 11) is 0. The Hall–Kier alpha value is -0.337. The van der Waals surface area contributed by atoms with Crippen molar-refractivity contribution in [3.63, 3.8) is 0 Å². The van der Waals surface area contributed by atoms with Crippen LogP contribution in [-0.2, 0) is 32.8 Å². The minimum absolute atomic E-state index is 0. The van der Waals surface area contributed by atoms with Crippen molar-refractivity contribution in [2.75, 3.05) is 19.8 Å². The minimum atomic E-state index is -1.54. The Morgan fingerprint density at radius 2 is 0.870 bits per heavy atom. The SMILES string of the molecule is CCO.CCO.CCO.Cc1c(F)c(F)c(CO)c(F)c1F.[Zr]. The first-order valence-corrected chi connectivity index (χ1v) is 6.50. The van der Waals surface area contributed by atoms with Gasteiger partial charge >= 0.3 is 0 Å². The Bertz CT molecular complexity index is 373. The molecule has 0 bridgehead atoms. The number of aliphatic hydroxyl groups excluding tert-OH is 4. The molecule has 0 atom stereocenters. The van der Waals surface area contributed by atoms with Crippen molar-refractivity contribution >= 4 is 0 Å². The summed E-state index contributed by atoms with van der Waals surface area (Å²) in [6.45, 7) is 5.63. The molecule has 0 aliphatic rings. The standard InChI is InChI=1S/C8H6F4O.3C2H6O.Zr/c1-3-5(9)7(11)4(2-13)8(12)6(3)10;3*1-2-3;/h13H,2H2,1H3;3*3H,2H2,1H3;. The molecule has 23 heavy (non-hydrogen) atoms. The topological polar surface area (TPSA) is 80.9 Å². The monoisotopic (exact) mass is 422 g/mol. The van der Waals surface area contributed by atoms with Gasteiger partial charge in [-0.1, -0.05) is 0 Å². The van der Waals surface area contributed by atoms with Crippen LogP contribution in [0.4, 0.5) is 17.6 Å². The Labute approximate surface area is 152 Å². The van der Waals surface area contributed by atoms with Gasteiger partial charge in [0.15, 0.2) is 23.3 Å². The summed E-state index contributed by atoms with van der Waals surface area (Å²) in [4.78, 5) is 0. The first-order valence-electron chi connectivity index (χ1n) is 6.50. The maximum absolute atomic E-state index is 12.8. The molecule has 136 valence electrons. The van der Waals surface area contributed by atoms with Gasteiger partial charge in [-0.05, 0) is 27.7 Å². The van der Waals surface area contributed by atoms with Gasteiger partial charge in [-0.25, -0.2) is 17.6 Å². The molecule has 1 rings (SSSR count). The molecule has 0 aliphatic carbocycles. The van der Waals surface area contributed by atoms with Crippen molar-refractivity contribution in [2.24, 2.45) is 0 Å². The van der Waals surface area contributed by atoms with Crippen LogP contribution < -0.4 is 0 Å². The van der Waals surface area contributed by atoms with Gasteiger partial charge in [0.05, 0.1) is 12.2 Å². The quantitative estimate of drug-likeness (QED) is 0.412. The molecule has 0 aliphatic heterocycles. The largest absolute Gasteiger partial charge is 0.397 e. The van der Waals surface area contributed by atoms with Gasteiger partial charge in [0.2, 0.25) is 0 Å². The molecule has 0 aromatic heterocycles. The van der Waals surface area contributed by atoms with E-state index in [0.717, 1.165) is 6.92 Å². The molecule has 0 fully saturated rings. The zero-order chi connectivity index (χ0) is 18.3. The molecule has 0 radical (unpaired) electrons. The van der Waals surface area contributed by atoms with Crippen LogP contribution in [0.1, 0.15) is 31.9 Å². The van der Waals surface area contributed by atoms with E-state index in [0.29, 0.717) is 0 Å². The second kappa shape index (κ2) is 19.7. The fourth-order valence-electron chi connectivity index (χ4n) is 0.926. The van der Waals surface area contributed by atoms with Crippen LogP contribution in [0.25, 0.3) is 0 Å². The molecular weight excluding hydrogens is 399 g/mol. The van der Waals surface area contributed by atoms with E-state index in [9.17, 15) is 17.6 Å². The van der Waals surface area contributed by atoms with Gasteiger partial charge in [-0.2, -0.15) is 0 Å². The Kier molecular flexibility index (Phi) is 26.2. The van der Waals surface area contributed by atoms with E-state index >= 15 is 0 Å². The summed E-state index contributed by atoms with van der Waals surface area (Å²) in [6.07, 6.45) is 0. The predicted octanol–water partition coefficient (Wildman–Crippen LogP) is 2.04. The van der Waals surface area contributed by atoms with E-state index in [4.69, 9.17) is 20.4 Å². The average molecular weight is 424 g/mol. The van der Waals surface area contributed by atoms with E-state index < -0.39 is 41.0 Å². The van der Waals surface area contributed by atoms with Crippen LogP contribution in [0.2, 0.25) is 0 Å². The maximum atomic E-state index is 12.8. The van der Waals surface area contributed by atoms with Crippen LogP contribution in [0.15, 0.2) is 0 Å². The second-order valence-electron chi connectivity index (χ2n) is 3.47. The van der Waals surface area contributed by atoms with Crippen molar-refractivity contribution in [3.8, 4) is 0 Å². The third-order valence-electron chi connectivity index (χ3n) is 1.73. The Morgan fingerprint density at radius 1 is 0.652 bits per heavy atom. The zero-order valence-electron chi connectivity index (χ0n) is 13.6. The second-order valence-corrected chi connectivity index (χ2v) is 3.47. The number of halogens is 4. The third kappa shape index (κ3) is 12.7. The fourth-order valence-corrected chi connectivity index (χ4v) is 0.926. The zero-order valence-corrected chi connectivity index (χ0v) is 16.1. The van der Waals surface area contributed by atoms with E-state index in [-0.39, 0.29) is 46.0 Å². The maximum Gasteiger partial charge on any atom is 0.167 e. The normalized spacial score (nSPS) is 8.35. The van der Waals surface area contributed by atoms with Crippen LogP contribution in [0.3, 0.4) is 0 Å². The van der Waals surface area contributed by atoms with Gasteiger partial charge in [0.25, 0.3) is 0 Å².